The number of aryl methyl sites for hydroxylation is 1. The predicted octanol–water partition coefficient (Wildman–Crippen LogP) is 4.56. The summed E-state index contributed by atoms with van der Waals surface area (Å²) in [5.41, 5.74) is 2.41. The summed E-state index contributed by atoms with van der Waals surface area (Å²) in [6, 6.07) is 13.4. The van der Waals surface area contributed by atoms with Gasteiger partial charge in [-0.1, -0.05) is 24.3 Å². The standard InChI is InChI=1S/C17H13BrN2O/c1-11-4-2-6-13(16(11)18)17(21)20-15-7-3-5-12-8-9-19-10-14(12)15/h2-10H,1H3,(H,20,21). The molecule has 1 heterocycles. The largest absolute Gasteiger partial charge is 0.321 e. The molecule has 0 unspecified atom stereocenters. The topological polar surface area (TPSA) is 42.0 Å². The first kappa shape index (κ1) is 13.8. The van der Waals surface area contributed by atoms with Crippen LogP contribution < -0.4 is 5.32 Å². The van der Waals surface area contributed by atoms with E-state index in [2.05, 4.69) is 26.2 Å². The zero-order valence-corrected chi connectivity index (χ0v) is 13.0. The molecule has 0 saturated heterocycles. The minimum absolute atomic E-state index is 0.137. The van der Waals surface area contributed by atoms with E-state index in [1.807, 2.05) is 43.3 Å². The molecule has 4 heteroatoms. The smallest absolute Gasteiger partial charge is 0.256 e. The zero-order valence-electron chi connectivity index (χ0n) is 11.4. The van der Waals surface area contributed by atoms with E-state index in [1.165, 1.54) is 0 Å². The van der Waals surface area contributed by atoms with E-state index < -0.39 is 0 Å². The van der Waals surface area contributed by atoms with Gasteiger partial charge in [0.15, 0.2) is 0 Å². The Balaban J connectivity index is 1.99. The number of anilines is 1. The Morgan fingerprint density at radius 1 is 1.14 bits per heavy atom. The summed E-state index contributed by atoms with van der Waals surface area (Å²) in [7, 11) is 0. The van der Waals surface area contributed by atoms with E-state index in [-0.39, 0.29) is 5.91 Å². The number of carbonyl (C=O) groups excluding carboxylic acids is 1. The first-order valence-corrected chi connectivity index (χ1v) is 7.35. The summed E-state index contributed by atoms with van der Waals surface area (Å²) < 4.78 is 0.820. The molecule has 0 radical (unpaired) electrons. The second-order valence-corrected chi connectivity index (χ2v) is 5.59. The van der Waals surface area contributed by atoms with Crippen LogP contribution in [0, 0.1) is 6.92 Å². The van der Waals surface area contributed by atoms with Crippen molar-refractivity contribution < 1.29 is 4.79 Å². The van der Waals surface area contributed by atoms with Gasteiger partial charge in [0.1, 0.15) is 0 Å². The third-order valence-electron chi connectivity index (χ3n) is 3.37. The highest BCUT2D eigenvalue weighted by Crippen LogP contribution is 2.25. The Bertz CT molecular complexity index is 825. The second kappa shape index (κ2) is 5.66. The second-order valence-electron chi connectivity index (χ2n) is 4.79. The van der Waals surface area contributed by atoms with Crippen LogP contribution in [0.25, 0.3) is 10.8 Å². The van der Waals surface area contributed by atoms with E-state index in [4.69, 9.17) is 0 Å². The maximum atomic E-state index is 12.5. The quantitative estimate of drug-likeness (QED) is 0.743. The Kier molecular flexibility index (Phi) is 3.71. The maximum absolute atomic E-state index is 12.5. The van der Waals surface area contributed by atoms with Gasteiger partial charge in [0, 0.05) is 22.3 Å². The molecule has 0 aliphatic carbocycles. The average molecular weight is 341 g/mol. The molecule has 21 heavy (non-hydrogen) atoms. The molecule has 0 atom stereocenters. The number of nitrogens with zero attached hydrogens (tertiary/aromatic N) is 1. The monoisotopic (exact) mass is 340 g/mol. The first-order valence-electron chi connectivity index (χ1n) is 6.56. The molecule has 0 aliphatic rings. The van der Waals surface area contributed by atoms with Gasteiger partial charge in [0.05, 0.1) is 11.3 Å². The van der Waals surface area contributed by atoms with Crippen LogP contribution in [0.1, 0.15) is 15.9 Å². The molecular formula is C17H13BrN2O. The predicted molar refractivity (Wildman–Crippen MR) is 88.6 cm³/mol. The van der Waals surface area contributed by atoms with Crippen molar-refractivity contribution in [2.45, 2.75) is 6.92 Å². The number of halogens is 1. The van der Waals surface area contributed by atoms with Crippen LogP contribution in [0.4, 0.5) is 5.69 Å². The third kappa shape index (κ3) is 2.67. The van der Waals surface area contributed by atoms with Gasteiger partial charge < -0.3 is 5.32 Å². The minimum atomic E-state index is -0.137. The summed E-state index contributed by atoms with van der Waals surface area (Å²) in [6.45, 7) is 1.96. The normalized spacial score (nSPS) is 10.6. The highest BCUT2D eigenvalue weighted by Gasteiger charge is 2.12. The lowest BCUT2D eigenvalue weighted by atomic mass is 10.1. The number of amides is 1. The van der Waals surface area contributed by atoms with Crippen molar-refractivity contribution in [3.8, 4) is 0 Å². The van der Waals surface area contributed by atoms with Gasteiger partial charge in [-0.3, -0.25) is 9.78 Å². The van der Waals surface area contributed by atoms with E-state index in [9.17, 15) is 4.79 Å². The van der Waals surface area contributed by atoms with Crippen LogP contribution >= 0.6 is 15.9 Å². The Morgan fingerprint density at radius 2 is 1.95 bits per heavy atom. The number of rotatable bonds is 2. The van der Waals surface area contributed by atoms with E-state index in [1.54, 1.807) is 18.5 Å². The number of pyridine rings is 1. The van der Waals surface area contributed by atoms with Crippen molar-refractivity contribution in [3.63, 3.8) is 0 Å². The van der Waals surface area contributed by atoms with Crippen molar-refractivity contribution in [2.75, 3.05) is 5.32 Å². The number of aromatic nitrogens is 1. The summed E-state index contributed by atoms with van der Waals surface area (Å²) in [4.78, 5) is 16.6. The summed E-state index contributed by atoms with van der Waals surface area (Å²) in [5, 5.41) is 4.94. The molecule has 1 N–H and O–H groups in total. The number of hydrogen-bond acceptors (Lipinski definition) is 2. The lowest BCUT2D eigenvalue weighted by Gasteiger charge is -2.10. The molecule has 0 bridgehead atoms. The average Bonchev–Trinajstić information content (AvgIpc) is 2.50. The molecule has 0 saturated carbocycles. The maximum Gasteiger partial charge on any atom is 0.256 e. The fraction of sp³-hybridized carbons (Fsp3) is 0.0588. The van der Waals surface area contributed by atoms with Crippen molar-refractivity contribution >= 4 is 38.3 Å². The van der Waals surface area contributed by atoms with Crippen LogP contribution in [0.5, 0.6) is 0 Å². The Labute approximate surface area is 131 Å². The molecule has 3 aromatic rings. The lowest BCUT2D eigenvalue weighted by Crippen LogP contribution is -2.13. The fourth-order valence-corrected chi connectivity index (χ4v) is 2.68. The highest BCUT2D eigenvalue weighted by atomic mass is 79.9. The number of nitrogens with one attached hydrogen (secondary N) is 1. The molecule has 3 nitrogen and oxygen atoms in total. The van der Waals surface area contributed by atoms with Gasteiger partial charge in [-0.05, 0) is 52.0 Å². The minimum Gasteiger partial charge on any atom is -0.321 e. The number of hydrogen-bond donors (Lipinski definition) is 1. The van der Waals surface area contributed by atoms with Crippen LogP contribution in [-0.4, -0.2) is 10.9 Å². The van der Waals surface area contributed by atoms with Crippen LogP contribution in [0.3, 0.4) is 0 Å². The highest BCUT2D eigenvalue weighted by molar-refractivity contribution is 9.10. The summed E-state index contributed by atoms with van der Waals surface area (Å²) in [5.74, 6) is -0.137. The molecule has 0 aliphatic heterocycles. The van der Waals surface area contributed by atoms with Crippen LogP contribution in [-0.2, 0) is 0 Å². The molecule has 104 valence electrons. The van der Waals surface area contributed by atoms with Crippen LogP contribution in [0.2, 0.25) is 0 Å². The number of fused-ring (bicyclic) bond motifs is 1. The van der Waals surface area contributed by atoms with E-state index in [0.29, 0.717) is 5.56 Å². The van der Waals surface area contributed by atoms with Gasteiger partial charge in [0.2, 0.25) is 0 Å². The fourth-order valence-electron chi connectivity index (χ4n) is 2.23. The van der Waals surface area contributed by atoms with Gasteiger partial charge in [-0.15, -0.1) is 0 Å². The summed E-state index contributed by atoms with van der Waals surface area (Å²) >= 11 is 3.47. The molecule has 3 rings (SSSR count). The van der Waals surface area contributed by atoms with Gasteiger partial charge in [-0.25, -0.2) is 0 Å². The Morgan fingerprint density at radius 3 is 2.81 bits per heavy atom. The molecule has 2 aromatic carbocycles. The third-order valence-corrected chi connectivity index (χ3v) is 4.42. The molecule has 1 aromatic heterocycles. The lowest BCUT2D eigenvalue weighted by molar-refractivity contribution is 0.102. The number of benzene rings is 2. The van der Waals surface area contributed by atoms with E-state index >= 15 is 0 Å². The molecule has 1 amide bonds. The van der Waals surface area contributed by atoms with Crippen molar-refractivity contribution in [1.29, 1.82) is 0 Å². The van der Waals surface area contributed by atoms with Gasteiger partial charge >= 0.3 is 0 Å². The van der Waals surface area contributed by atoms with Crippen molar-refractivity contribution in [2.24, 2.45) is 0 Å². The molecule has 0 spiro atoms. The first-order chi connectivity index (χ1) is 10.2. The zero-order chi connectivity index (χ0) is 14.8. The van der Waals surface area contributed by atoms with Gasteiger partial charge in [0.25, 0.3) is 5.91 Å². The van der Waals surface area contributed by atoms with Crippen LogP contribution in [0.15, 0.2) is 59.3 Å². The number of carbonyl (C=O) groups is 1. The summed E-state index contributed by atoms with van der Waals surface area (Å²) in [6.07, 6.45) is 3.50. The Hall–Kier alpha value is -2.20. The SMILES string of the molecule is Cc1cccc(C(=O)Nc2cccc3ccncc23)c1Br. The molecule has 0 fully saturated rings. The van der Waals surface area contributed by atoms with E-state index in [0.717, 1.165) is 26.5 Å². The van der Waals surface area contributed by atoms with Crippen molar-refractivity contribution in [1.82, 2.24) is 4.98 Å². The van der Waals surface area contributed by atoms with Gasteiger partial charge in [-0.2, -0.15) is 0 Å². The van der Waals surface area contributed by atoms with Crippen molar-refractivity contribution in [3.05, 3.63) is 70.5 Å². The molecular weight excluding hydrogens is 328 g/mol.